The summed E-state index contributed by atoms with van der Waals surface area (Å²) in [4.78, 5) is 48.5. The summed E-state index contributed by atoms with van der Waals surface area (Å²) in [6.07, 6.45) is 3.13. The number of anilines is 1. The molecule has 0 radical (unpaired) electrons. The lowest BCUT2D eigenvalue weighted by Crippen LogP contribution is -2.29. The van der Waals surface area contributed by atoms with Crippen LogP contribution < -0.4 is 4.90 Å². The number of Topliss-reactive ketones (excluding diaryl/α,β-unsaturated/α-hetero) is 2. The largest absolute Gasteiger partial charge is 0.507 e. The van der Waals surface area contributed by atoms with Gasteiger partial charge in [-0.1, -0.05) is 35.1 Å². The number of pyridine rings is 1. The van der Waals surface area contributed by atoms with Gasteiger partial charge in [-0.2, -0.15) is 0 Å². The van der Waals surface area contributed by atoms with E-state index in [-0.39, 0.29) is 22.2 Å². The minimum Gasteiger partial charge on any atom is -0.507 e. The molecule has 1 aromatic carbocycles. The van der Waals surface area contributed by atoms with Crippen LogP contribution >= 0.6 is 11.3 Å². The summed E-state index contributed by atoms with van der Waals surface area (Å²) in [5.74, 6) is -2.04. The number of aromatic nitrogens is 2. The lowest BCUT2D eigenvalue weighted by molar-refractivity contribution is -0.132. The summed E-state index contributed by atoms with van der Waals surface area (Å²) >= 11 is 1.05. The fourth-order valence-electron chi connectivity index (χ4n) is 3.83. The molecule has 1 atom stereocenters. The lowest BCUT2D eigenvalue weighted by atomic mass is 9.94. The maximum atomic E-state index is 13.2. The first-order chi connectivity index (χ1) is 15.2. The van der Waals surface area contributed by atoms with E-state index in [1.54, 1.807) is 37.5 Å². The molecule has 1 aliphatic rings. The van der Waals surface area contributed by atoms with Crippen LogP contribution in [0, 0.1) is 20.8 Å². The molecule has 1 amide bonds. The van der Waals surface area contributed by atoms with Crippen LogP contribution in [-0.4, -0.2) is 32.5 Å². The molecular formula is C24H21N3O4S. The van der Waals surface area contributed by atoms with Crippen molar-refractivity contribution in [1.82, 2.24) is 9.97 Å². The number of hydrogen-bond donors (Lipinski definition) is 1. The van der Waals surface area contributed by atoms with Gasteiger partial charge < -0.3 is 5.11 Å². The predicted molar refractivity (Wildman–Crippen MR) is 122 cm³/mol. The Morgan fingerprint density at radius 1 is 1.16 bits per heavy atom. The van der Waals surface area contributed by atoms with Crippen molar-refractivity contribution in [3.63, 3.8) is 0 Å². The highest BCUT2D eigenvalue weighted by molar-refractivity contribution is 7.18. The number of hydrogen-bond acceptors (Lipinski definition) is 7. The first-order valence-electron chi connectivity index (χ1n) is 9.97. The van der Waals surface area contributed by atoms with E-state index in [9.17, 15) is 19.5 Å². The third kappa shape index (κ3) is 3.52. The number of benzene rings is 1. The van der Waals surface area contributed by atoms with Crippen LogP contribution in [0.1, 0.15) is 50.6 Å². The highest BCUT2D eigenvalue weighted by Gasteiger charge is 2.48. The molecule has 2 aromatic heterocycles. The molecule has 162 valence electrons. The number of amides is 1. The Morgan fingerprint density at radius 3 is 2.53 bits per heavy atom. The van der Waals surface area contributed by atoms with Crippen LogP contribution in [0.25, 0.3) is 5.76 Å². The smallest absolute Gasteiger partial charge is 0.301 e. The van der Waals surface area contributed by atoms with E-state index in [2.05, 4.69) is 9.97 Å². The van der Waals surface area contributed by atoms with Gasteiger partial charge >= 0.3 is 5.91 Å². The minimum atomic E-state index is -0.922. The van der Waals surface area contributed by atoms with E-state index in [0.29, 0.717) is 21.7 Å². The maximum absolute atomic E-state index is 13.2. The molecule has 0 unspecified atom stereocenters. The number of aliphatic hydroxyl groups is 1. The van der Waals surface area contributed by atoms with Gasteiger partial charge in [0, 0.05) is 24.9 Å². The Labute approximate surface area is 189 Å². The fourth-order valence-corrected chi connectivity index (χ4v) is 4.82. The molecule has 0 aliphatic carbocycles. The molecule has 32 heavy (non-hydrogen) atoms. The molecule has 3 heterocycles. The third-order valence-corrected chi connectivity index (χ3v) is 6.66. The van der Waals surface area contributed by atoms with Gasteiger partial charge in [-0.15, -0.1) is 0 Å². The number of nitrogens with zero attached hydrogens (tertiary/aromatic N) is 3. The van der Waals surface area contributed by atoms with E-state index in [1.807, 2.05) is 26.0 Å². The molecule has 7 nitrogen and oxygen atoms in total. The van der Waals surface area contributed by atoms with Crippen LogP contribution in [0.4, 0.5) is 5.13 Å². The molecule has 0 bridgehead atoms. The molecule has 1 aliphatic heterocycles. The van der Waals surface area contributed by atoms with Crippen molar-refractivity contribution in [1.29, 1.82) is 0 Å². The number of carbonyl (C=O) groups excluding carboxylic acids is 3. The molecule has 8 heteroatoms. The molecule has 1 N–H and O–H groups in total. The zero-order valence-electron chi connectivity index (χ0n) is 18.0. The van der Waals surface area contributed by atoms with E-state index >= 15 is 0 Å². The third-order valence-electron chi connectivity index (χ3n) is 5.40. The zero-order valence-corrected chi connectivity index (χ0v) is 18.9. The van der Waals surface area contributed by atoms with Gasteiger partial charge in [0.25, 0.3) is 5.78 Å². The molecule has 1 saturated heterocycles. The molecule has 4 rings (SSSR count). The Balaban J connectivity index is 1.97. The summed E-state index contributed by atoms with van der Waals surface area (Å²) in [7, 11) is 0. The topological polar surface area (TPSA) is 100 Å². The number of aliphatic hydroxyl groups excluding tert-OH is 1. The van der Waals surface area contributed by atoms with Gasteiger partial charge in [0.1, 0.15) is 5.76 Å². The number of rotatable bonds is 4. The zero-order chi connectivity index (χ0) is 23.2. The summed E-state index contributed by atoms with van der Waals surface area (Å²) < 4.78 is 0. The lowest BCUT2D eigenvalue weighted by Gasteiger charge is -2.22. The number of carbonyl (C=O) groups is 3. The number of thiazole rings is 1. The van der Waals surface area contributed by atoms with Crippen LogP contribution in [0.3, 0.4) is 0 Å². The quantitative estimate of drug-likeness (QED) is 0.277. The van der Waals surface area contributed by atoms with Gasteiger partial charge in [-0.3, -0.25) is 24.3 Å². The van der Waals surface area contributed by atoms with Gasteiger partial charge in [-0.05, 0) is 44.0 Å². The SMILES string of the molecule is CC(=O)c1sc(N2C(=O)C(=O)C(=C(O)c3cc(C)ccc3C)[C@H]2c2cccnc2)nc1C. The molecule has 1 fully saturated rings. The van der Waals surface area contributed by atoms with Crippen molar-refractivity contribution in [3.05, 3.63) is 81.1 Å². The van der Waals surface area contributed by atoms with E-state index in [0.717, 1.165) is 22.5 Å². The van der Waals surface area contributed by atoms with Gasteiger partial charge in [0.05, 0.1) is 22.2 Å². The maximum Gasteiger partial charge on any atom is 0.301 e. The van der Waals surface area contributed by atoms with Crippen LogP contribution in [0.2, 0.25) is 0 Å². The monoisotopic (exact) mass is 447 g/mol. The van der Waals surface area contributed by atoms with Crippen molar-refractivity contribution in [2.75, 3.05) is 4.90 Å². The van der Waals surface area contributed by atoms with Crippen LogP contribution in [0.15, 0.2) is 48.3 Å². The summed E-state index contributed by atoms with van der Waals surface area (Å²) in [6, 6.07) is 8.04. The van der Waals surface area contributed by atoms with Crippen LogP contribution in [0.5, 0.6) is 0 Å². The van der Waals surface area contributed by atoms with Crippen molar-refractivity contribution < 1.29 is 19.5 Å². The van der Waals surface area contributed by atoms with Crippen molar-refractivity contribution in [2.24, 2.45) is 0 Å². The second kappa shape index (κ2) is 8.12. The van der Waals surface area contributed by atoms with E-state index in [1.165, 1.54) is 11.8 Å². The average Bonchev–Trinajstić information content (AvgIpc) is 3.27. The summed E-state index contributed by atoms with van der Waals surface area (Å²) in [6.45, 7) is 6.82. The Kier molecular flexibility index (Phi) is 5.48. The number of aryl methyl sites for hydroxylation is 3. The second-order valence-corrected chi connectivity index (χ2v) is 8.72. The standard InChI is InChI=1S/C24H21N3O4S/c1-12-7-8-13(2)17(10-12)20(29)18-19(16-6-5-9-25-11-16)27(23(31)21(18)30)24-26-14(3)22(32-24)15(4)28/h5-11,19,29H,1-4H3/t19-/m1/s1. The summed E-state index contributed by atoms with van der Waals surface area (Å²) in [5, 5.41) is 11.5. The second-order valence-electron chi connectivity index (χ2n) is 7.74. The van der Waals surface area contributed by atoms with Gasteiger partial charge in [0.15, 0.2) is 10.9 Å². The average molecular weight is 448 g/mol. The van der Waals surface area contributed by atoms with Crippen molar-refractivity contribution >= 4 is 39.7 Å². The normalized spacial score (nSPS) is 17.8. The highest BCUT2D eigenvalue weighted by atomic mass is 32.1. The van der Waals surface area contributed by atoms with Gasteiger partial charge in [0.2, 0.25) is 0 Å². The first kappa shape index (κ1) is 21.6. The molecule has 3 aromatic rings. The van der Waals surface area contributed by atoms with Crippen molar-refractivity contribution in [2.45, 2.75) is 33.7 Å². The Hall–Kier alpha value is -3.65. The van der Waals surface area contributed by atoms with Crippen LogP contribution in [-0.2, 0) is 9.59 Å². The molecule has 0 spiro atoms. The van der Waals surface area contributed by atoms with Gasteiger partial charge in [-0.25, -0.2) is 4.98 Å². The summed E-state index contributed by atoms with van der Waals surface area (Å²) in [5.41, 5.74) is 3.17. The Morgan fingerprint density at radius 2 is 1.91 bits per heavy atom. The molecule has 0 saturated carbocycles. The Bertz CT molecular complexity index is 1290. The number of ketones is 2. The first-order valence-corrected chi connectivity index (χ1v) is 10.8. The predicted octanol–water partition coefficient (Wildman–Crippen LogP) is 4.29. The molecular weight excluding hydrogens is 426 g/mol. The van der Waals surface area contributed by atoms with E-state index in [4.69, 9.17) is 0 Å². The van der Waals surface area contributed by atoms with Crippen molar-refractivity contribution in [3.8, 4) is 0 Å². The fraction of sp³-hybridized carbons (Fsp3) is 0.208. The highest BCUT2D eigenvalue weighted by Crippen LogP contribution is 2.44. The van der Waals surface area contributed by atoms with E-state index < -0.39 is 17.7 Å². The minimum absolute atomic E-state index is 0.0334.